The van der Waals surface area contributed by atoms with E-state index in [-0.39, 0.29) is 35.5 Å². The van der Waals surface area contributed by atoms with E-state index in [2.05, 4.69) is 41.9 Å². The molecule has 1 aromatic rings. The van der Waals surface area contributed by atoms with Gasteiger partial charge in [-0.3, -0.25) is 9.59 Å². The minimum absolute atomic E-state index is 0.0579. The number of carbonyl (C=O) groups excluding carboxylic acids is 2. The molecule has 0 aromatic heterocycles. The smallest absolute Gasteiger partial charge is 0.238 e. The molecule has 2 amide bonds. The van der Waals surface area contributed by atoms with Crippen LogP contribution in [0.5, 0.6) is 0 Å². The predicted octanol–water partition coefficient (Wildman–Crippen LogP) is 3.71. The topological polar surface area (TPSA) is 37.4 Å². The van der Waals surface area contributed by atoms with Gasteiger partial charge in [0.1, 0.15) is 0 Å². The van der Waals surface area contributed by atoms with Gasteiger partial charge in [-0.15, -0.1) is 0 Å². The Bertz CT molecular complexity index is 726. The molecule has 4 rings (SSSR count). The average molecular weight is 358 g/mol. The lowest BCUT2D eigenvalue weighted by Gasteiger charge is -2.20. The molecule has 2 fully saturated rings. The molecule has 1 aliphatic heterocycles. The highest BCUT2D eigenvalue weighted by atomic mass is 79.9. The molecule has 0 unspecified atom stereocenters. The monoisotopic (exact) mass is 357 g/mol. The zero-order chi connectivity index (χ0) is 15.6. The van der Waals surface area contributed by atoms with Crippen LogP contribution in [0.15, 0.2) is 52.0 Å². The van der Waals surface area contributed by atoms with Gasteiger partial charge in [0, 0.05) is 16.3 Å². The van der Waals surface area contributed by atoms with E-state index in [1.165, 1.54) is 16.0 Å². The van der Waals surface area contributed by atoms with Gasteiger partial charge in [-0.1, -0.05) is 35.4 Å². The predicted molar refractivity (Wildman–Crippen MR) is 88.1 cm³/mol. The van der Waals surface area contributed by atoms with Gasteiger partial charge < -0.3 is 0 Å². The number of imide groups is 1. The van der Waals surface area contributed by atoms with Gasteiger partial charge in [0.05, 0.1) is 17.5 Å². The summed E-state index contributed by atoms with van der Waals surface area (Å²) in [4.78, 5) is 27.3. The largest absolute Gasteiger partial charge is 0.274 e. The van der Waals surface area contributed by atoms with Crippen LogP contribution in [-0.4, -0.2) is 11.8 Å². The zero-order valence-corrected chi connectivity index (χ0v) is 14.0. The maximum Gasteiger partial charge on any atom is 0.238 e. The number of allylic oxidation sites excluding steroid dienone is 4. The number of benzene rings is 1. The van der Waals surface area contributed by atoms with Crippen LogP contribution in [0.4, 0.5) is 5.69 Å². The molecule has 0 spiro atoms. The fourth-order valence-electron chi connectivity index (χ4n) is 4.30. The summed E-state index contributed by atoms with van der Waals surface area (Å²) in [5, 5.41) is 0. The SMILES string of the molecule is CC(C)=C1[C@H]2C=C[C@H]1[C@H]1C(=O)N(c3ccccc3Br)C(=O)[C@@H]12. The fourth-order valence-corrected chi connectivity index (χ4v) is 4.76. The highest BCUT2D eigenvalue weighted by Gasteiger charge is 2.62. The summed E-state index contributed by atoms with van der Waals surface area (Å²) < 4.78 is 0.777. The molecular formula is C18H16BrNO2. The summed E-state index contributed by atoms with van der Waals surface area (Å²) in [5.74, 6) is -0.359. The number of amides is 2. The van der Waals surface area contributed by atoms with E-state index in [9.17, 15) is 9.59 Å². The first-order valence-electron chi connectivity index (χ1n) is 7.50. The van der Waals surface area contributed by atoms with Gasteiger partial charge in [-0.2, -0.15) is 0 Å². The molecule has 3 nitrogen and oxygen atoms in total. The number of anilines is 1. The Morgan fingerprint density at radius 3 is 2.05 bits per heavy atom. The first kappa shape index (κ1) is 13.9. The number of fused-ring (bicyclic) bond motifs is 5. The van der Waals surface area contributed by atoms with E-state index in [0.29, 0.717) is 5.69 Å². The van der Waals surface area contributed by atoms with Gasteiger partial charge in [0.25, 0.3) is 0 Å². The Balaban J connectivity index is 1.80. The second-order valence-corrected chi connectivity index (χ2v) is 7.26. The Hall–Kier alpha value is -1.68. The van der Waals surface area contributed by atoms with Gasteiger partial charge in [-0.25, -0.2) is 4.90 Å². The van der Waals surface area contributed by atoms with E-state index in [1.54, 1.807) is 0 Å². The second kappa shape index (κ2) is 4.66. The normalized spacial score (nSPS) is 32.1. The van der Waals surface area contributed by atoms with Crippen molar-refractivity contribution in [2.75, 3.05) is 4.90 Å². The third kappa shape index (κ3) is 1.62. The molecule has 1 aromatic carbocycles. The van der Waals surface area contributed by atoms with Crippen LogP contribution in [0.3, 0.4) is 0 Å². The van der Waals surface area contributed by atoms with E-state index in [0.717, 1.165) is 4.47 Å². The first-order chi connectivity index (χ1) is 10.5. The molecule has 0 radical (unpaired) electrons. The minimum atomic E-state index is -0.223. The second-order valence-electron chi connectivity index (χ2n) is 6.41. The molecule has 3 aliphatic rings. The number of para-hydroxylation sites is 1. The van der Waals surface area contributed by atoms with Crippen LogP contribution >= 0.6 is 15.9 Å². The highest BCUT2D eigenvalue weighted by Crippen LogP contribution is 2.57. The van der Waals surface area contributed by atoms with Gasteiger partial charge in [0.15, 0.2) is 0 Å². The lowest BCUT2D eigenvalue weighted by atomic mass is 9.85. The minimum Gasteiger partial charge on any atom is -0.274 e. The van der Waals surface area contributed by atoms with E-state index < -0.39 is 0 Å². The maximum atomic E-state index is 12.9. The summed E-state index contributed by atoms with van der Waals surface area (Å²) in [6, 6.07) is 7.41. The molecule has 4 atom stereocenters. The van der Waals surface area contributed by atoms with Crippen LogP contribution in [0.2, 0.25) is 0 Å². The van der Waals surface area contributed by atoms with Gasteiger partial charge in [-0.05, 0) is 41.9 Å². The van der Waals surface area contributed by atoms with Crippen molar-refractivity contribution in [3.63, 3.8) is 0 Å². The lowest BCUT2D eigenvalue weighted by molar-refractivity contribution is -0.122. The van der Waals surface area contributed by atoms with Crippen molar-refractivity contribution in [2.45, 2.75) is 13.8 Å². The summed E-state index contributed by atoms with van der Waals surface area (Å²) in [7, 11) is 0. The number of rotatable bonds is 1. The van der Waals surface area contributed by atoms with Gasteiger partial charge in [0.2, 0.25) is 11.8 Å². The van der Waals surface area contributed by atoms with E-state index >= 15 is 0 Å². The van der Waals surface area contributed by atoms with Crippen molar-refractivity contribution in [1.82, 2.24) is 0 Å². The lowest BCUT2D eigenvalue weighted by Crippen LogP contribution is -2.33. The molecule has 112 valence electrons. The molecule has 0 N–H and O–H groups in total. The van der Waals surface area contributed by atoms with E-state index in [1.807, 2.05) is 24.3 Å². The van der Waals surface area contributed by atoms with Gasteiger partial charge >= 0.3 is 0 Å². The molecule has 2 aliphatic carbocycles. The zero-order valence-electron chi connectivity index (χ0n) is 12.4. The highest BCUT2D eigenvalue weighted by molar-refractivity contribution is 9.10. The third-order valence-corrected chi connectivity index (χ3v) is 5.76. The molecular weight excluding hydrogens is 342 g/mol. The molecule has 22 heavy (non-hydrogen) atoms. The number of hydrogen-bond acceptors (Lipinski definition) is 2. The van der Waals surface area contributed by atoms with Crippen molar-refractivity contribution in [3.8, 4) is 0 Å². The van der Waals surface area contributed by atoms with Crippen molar-refractivity contribution in [1.29, 1.82) is 0 Å². The number of halogens is 1. The van der Waals surface area contributed by atoms with Crippen LogP contribution < -0.4 is 4.90 Å². The molecule has 1 saturated carbocycles. The fraction of sp³-hybridized carbons (Fsp3) is 0.333. The summed E-state index contributed by atoms with van der Waals surface area (Å²) in [6.45, 7) is 4.15. The van der Waals surface area contributed by atoms with Crippen LogP contribution in [0.1, 0.15) is 13.8 Å². The molecule has 2 bridgehead atoms. The van der Waals surface area contributed by atoms with E-state index in [4.69, 9.17) is 0 Å². The molecule has 4 heteroatoms. The average Bonchev–Trinajstić information content (AvgIpc) is 3.11. The van der Waals surface area contributed by atoms with Crippen molar-refractivity contribution in [3.05, 3.63) is 52.0 Å². The third-order valence-electron chi connectivity index (χ3n) is 5.09. The Kier molecular flexibility index (Phi) is 2.95. The summed E-state index contributed by atoms with van der Waals surface area (Å²) >= 11 is 3.45. The van der Waals surface area contributed by atoms with Crippen LogP contribution in [0, 0.1) is 23.7 Å². The van der Waals surface area contributed by atoms with Crippen molar-refractivity contribution < 1.29 is 9.59 Å². The standard InChI is InChI=1S/C18H16BrNO2/c1-9(2)14-10-7-8-11(14)16-15(10)17(21)20(18(16)22)13-6-4-3-5-12(13)19/h3-8,10-11,15-16H,1-2H3/t10-,11-,15-,16-/m1/s1. The van der Waals surface area contributed by atoms with Crippen LogP contribution in [-0.2, 0) is 9.59 Å². The number of hydrogen-bond donors (Lipinski definition) is 0. The Labute approximate surface area is 137 Å². The maximum absolute atomic E-state index is 12.9. The van der Waals surface area contributed by atoms with Crippen LogP contribution in [0.25, 0.3) is 0 Å². The molecule has 1 heterocycles. The Morgan fingerprint density at radius 1 is 1.00 bits per heavy atom. The summed E-state index contributed by atoms with van der Waals surface area (Å²) in [5.41, 5.74) is 3.18. The van der Waals surface area contributed by atoms with Crippen molar-refractivity contribution >= 4 is 33.4 Å². The first-order valence-corrected chi connectivity index (χ1v) is 8.29. The quantitative estimate of drug-likeness (QED) is 0.567. The number of carbonyl (C=O) groups is 2. The molecule has 1 saturated heterocycles. The number of nitrogens with zero attached hydrogens (tertiary/aromatic N) is 1. The van der Waals surface area contributed by atoms with Crippen molar-refractivity contribution in [2.24, 2.45) is 23.7 Å². The Morgan fingerprint density at radius 2 is 1.55 bits per heavy atom. The summed E-state index contributed by atoms with van der Waals surface area (Å²) in [6.07, 6.45) is 4.23.